The second-order valence-electron chi connectivity index (χ2n) is 3.96. The molecule has 0 aliphatic rings. The van der Waals surface area contributed by atoms with Crippen LogP contribution in [0, 0.1) is 11.7 Å². The van der Waals surface area contributed by atoms with E-state index in [1.165, 1.54) is 23.9 Å². The lowest BCUT2D eigenvalue weighted by molar-refractivity contribution is 0.0694. The third-order valence-corrected chi connectivity index (χ3v) is 3.98. The van der Waals surface area contributed by atoms with Crippen molar-refractivity contribution in [2.24, 2.45) is 5.92 Å². The summed E-state index contributed by atoms with van der Waals surface area (Å²) in [5, 5.41) is 9.03. The largest absolute Gasteiger partial charge is 0.478 e. The molecule has 0 heterocycles. The van der Waals surface area contributed by atoms with Crippen LogP contribution in [-0.4, -0.2) is 16.8 Å². The molecule has 0 aliphatic carbocycles. The van der Waals surface area contributed by atoms with Gasteiger partial charge in [0.05, 0.1) is 11.3 Å². The highest BCUT2D eigenvalue weighted by Gasteiger charge is 2.18. The first-order valence-corrected chi connectivity index (χ1v) is 6.40. The number of aromatic carboxylic acids is 1. The summed E-state index contributed by atoms with van der Waals surface area (Å²) < 4.78 is 13.2. The number of carboxylic acids is 1. The van der Waals surface area contributed by atoms with Gasteiger partial charge < -0.3 is 10.8 Å². The van der Waals surface area contributed by atoms with E-state index in [0.717, 1.165) is 12.2 Å². The van der Waals surface area contributed by atoms with E-state index >= 15 is 0 Å². The highest BCUT2D eigenvalue weighted by atomic mass is 32.2. The van der Waals surface area contributed by atoms with Crippen molar-refractivity contribution in [2.45, 2.75) is 25.2 Å². The summed E-state index contributed by atoms with van der Waals surface area (Å²) in [5.41, 5.74) is 5.04. The molecule has 0 bridgehead atoms. The monoisotopic (exact) mass is 257 g/mol. The van der Waals surface area contributed by atoms with Gasteiger partial charge in [0.25, 0.3) is 0 Å². The van der Waals surface area contributed by atoms with Gasteiger partial charge >= 0.3 is 5.97 Å². The Morgan fingerprint density at radius 2 is 2.24 bits per heavy atom. The normalized spacial score (nSPS) is 12.4. The number of anilines is 1. The molecule has 5 heteroatoms. The zero-order valence-corrected chi connectivity index (χ0v) is 10.7. The van der Waals surface area contributed by atoms with E-state index in [1.54, 1.807) is 0 Å². The second-order valence-corrected chi connectivity index (χ2v) is 5.03. The van der Waals surface area contributed by atoms with Gasteiger partial charge in [0.1, 0.15) is 5.82 Å². The van der Waals surface area contributed by atoms with Gasteiger partial charge in [0, 0.05) is 10.6 Å². The first kappa shape index (κ1) is 13.8. The van der Waals surface area contributed by atoms with Crippen molar-refractivity contribution in [3.8, 4) is 0 Å². The van der Waals surface area contributed by atoms with Crippen LogP contribution in [0.15, 0.2) is 17.0 Å². The number of halogens is 1. The van der Waals surface area contributed by atoms with E-state index < -0.39 is 11.8 Å². The lowest BCUT2D eigenvalue weighted by Gasteiger charge is -2.11. The predicted molar refractivity (Wildman–Crippen MR) is 68.0 cm³/mol. The van der Waals surface area contributed by atoms with Crippen LogP contribution in [0.3, 0.4) is 0 Å². The van der Waals surface area contributed by atoms with Gasteiger partial charge in [0.15, 0.2) is 0 Å². The van der Waals surface area contributed by atoms with Crippen LogP contribution < -0.4 is 5.73 Å². The molecule has 1 aromatic carbocycles. The van der Waals surface area contributed by atoms with Crippen molar-refractivity contribution < 1.29 is 14.3 Å². The third kappa shape index (κ3) is 3.36. The lowest BCUT2D eigenvalue weighted by Crippen LogP contribution is -2.07. The minimum atomic E-state index is -1.19. The molecular weight excluding hydrogens is 241 g/mol. The molecule has 1 atom stereocenters. The third-order valence-electron chi connectivity index (χ3n) is 2.59. The Morgan fingerprint density at radius 1 is 1.59 bits per heavy atom. The first-order chi connectivity index (χ1) is 7.97. The fraction of sp³-hybridized carbons (Fsp3) is 0.417. The van der Waals surface area contributed by atoms with Crippen molar-refractivity contribution in [3.05, 3.63) is 23.5 Å². The van der Waals surface area contributed by atoms with Crippen molar-refractivity contribution in [1.29, 1.82) is 0 Å². The minimum absolute atomic E-state index is 0.127. The Bertz CT molecular complexity index is 423. The molecule has 17 heavy (non-hydrogen) atoms. The molecule has 0 spiro atoms. The standard InChI is InChI=1S/C12H16FNO2S/c1-3-7(2)6-17-9-5-4-8(13)11(14)10(9)12(15)16/h4-5,7H,3,6,14H2,1-2H3,(H,15,16). The Labute approximate surface area is 104 Å². The van der Waals surface area contributed by atoms with E-state index in [9.17, 15) is 9.18 Å². The summed E-state index contributed by atoms with van der Waals surface area (Å²) in [6.07, 6.45) is 1.02. The topological polar surface area (TPSA) is 63.3 Å². The number of carbonyl (C=O) groups is 1. The maximum atomic E-state index is 13.2. The molecule has 0 radical (unpaired) electrons. The van der Waals surface area contributed by atoms with Gasteiger partial charge in [0.2, 0.25) is 0 Å². The zero-order chi connectivity index (χ0) is 13.0. The zero-order valence-electron chi connectivity index (χ0n) is 9.87. The molecule has 1 unspecified atom stereocenters. The van der Waals surface area contributed by atoms with Crippen LogP contribution in [0.4, 0.5) is 10.1 Å². The van der Waals surface area contributed by atoms with E-state index in [0.29, 0.717) is 10.8 Å². The van der Waals surface area contributed by atoms with E-state index in [2.05, 4.69) is 13.8 Å². The molecule has 0 amide bonds. The number of thioether (sulfide) groups is 1. The summed E-state index contributed by atoms with van der Waals surface area (Å²) in [5.74, 6) is -0.598. The van der Waals surface area contributed by atoms with Gasteiger partial charge in [-0.3, -0.25) is 0 Å². The van der Waals surface area contributed by atoms with Gasteiger partial charge in [-0.1, -0.05) is 20.3 Å². The van der Waals surface area contributed by atoms with Crippen LogP contribution in [0.1, 0.15) is 30.6 Å². The van der Waals surface area contributed by atoms with Crippen LogP contribution in [0.2, 0.25) is 0 Å². The van der Waals surface area contributed by atoms with Gasteiger partial charge in [-0.05, 0) is 18.1 Å². The van der Waals surface area contributed by atoms with Crippen LogP contribution in [0.5, 0.6) is 0 Å². The van der Waals surface area contributed by atoms with Crippen LogP contribution >= 0.6 is 11.8 Å². The van der Waals surface area contributed by atoms with Crippen LogP contribution in [0.25, 0.3) is 0 Å². The quantitative estimate of drug-likeness (QED) is 0.628. The molecule has 0 fully saturated rings. The highest BCUT2D eigenvalue weighted by molar-refractivity contribution is 7.99. The average molecular weight is 257 g/mol. The molecule has 94 valence electrons. The molecular formula is C12H16FNO2S. The molecule has 3 nitrogen and oxygen atoms in total. The fourth-order valence-corrected chi connectivity index (χ4v) is 2.47. The number of hydrogen-bond donors (Lipinski definition) is 2. The summed E-state index contributed by atoms with van der Waals surface area (Å²) in [6, 6.07) is 2.68. The van der Waals surface area contributed by atoms with Crippen molar-refractivity contribution in [3.63, 3.8) is 0 Å². The Morgan fingerprint density at radius 3 is 2.76 bits per heavy atom. The van der Waals surface area contributed by atoms with E-state index in [4.69, 9.17) is 10.8 Å². The number of benzene rings is 1. The van der Waals surface area contributed by atoms with E-state index in [-0.39, 0.29) is 11.3 Å². The Balaban J connectivity index is 2.99. The number of rotatable bonds is 5. The molecule has 0 saturated heterocycles. The molecule has 1 aromatic rings. The van der Waals surface area contributed by atoms with Gasteiger partial charge in [-0.2, -0.15) is 0 Å². The smallest absolute Gasteiger partial charge is 0.339 e. The lowest BCUT2D eigenvalue weighted by atomic mass is 10.1. The highest BCUT2D eigenvalue weighted by Crippen LogP contribution is 2.30. The number of nitrogens with two attached hydrogens (primary N) is 1. The molecule has 0 aromatic heterocycles. The van der Waals surface area contributed by atoms with E-state index in [1.807, 2.05) is 0 Å². The molecule has 0 saturated carbocycles. The summed E-state index contributed by atoms with van der Waals surface area (Å²) in [4.78, 5) is 11.6. The average Bonchev–Trinajstić information content (AvgIpc) is 2.29. The molecule has 1 rings (SSSR count). The number of hydrogen-bond acceptors (Lipinski definition) is 3. The van der Waals surface area contributed by atoms with Crippen molar-refractivity contribution in [2.75, 3.05) is 11.5 Å². The maximum absolute atomic E-state index is 13.2. The fourth-order valence-electron chi connectivity index (χ4n) is 1.26. The predicted octanol–water partition coefficient (Wildman–Crippen LogP) is 3.24. The summed E-state index contributed by atoms with van der Waals surface area (Å²) in [7, 11) is 0. The molecule has 3 N–H and O–H groups in total. The Hall–Kier alpha value is -1.23. The maximum Gasteiger partial charge on any atom is 0.339 e. The minimum Gasteiger partial charge on any atom is -0.478 e. The van der Waals surface area contributed by atoms with Crippen molar-refractivity contribution in [1.82, 2.24) is 0 Å². The number of nitrogen functional groups attached to an aromatic ring is 1. The van der Waals surface area contributed by atoms with Crippen LogP contribution in [-0.2, 0) is 0 Å². The summed E-state index contributed by atoms with van der Waals surface area (Å²) in [6.45, 7) is 4.16. The van der Waals surface area contributed by atoms with Gasteiger partial charge in [-0.25, -0.2) is 9.18 Å². The second kappa shape index (κ2) is 5.91. The van der Waals surface area contributed by atoms with Gasteiger partial charge in [-0.15, -0.1) is 11.8 Å². The van der Waals surface area contributed by atoms with Crippen molar-refractivity contribution >= 4 is 23.4 Å². The first-order valence-electron chi connectivity index (χ1n) is 5.41. The SMILES string of the molecule is CCC(C)CSc1ccc(F)c(N)c1C(=O)O. The Kier molecular flexibility index (Phi) is 4.81. The number of carboxylic acid groups (broad SMARTS) is 1. The summed E-state index contributed by atoms with van der Waals surface area (Å²) >= 11 is 1.40. The molecule has 0 aliphatic heterocycles.